The second-order valence-corrected chi connectivity index (χ2v) is 9.48. The summed E-state index contributed by atoms with van der Waals surface area (Å²) in [4.78, 5) is 12.7. The maximum absolute atomic E-state index is 9.71. The van der Waals surface area contributed by atoms with Crippen LogP contribution in [-0.2, 0) is 4.74 Å². The Hall–Kier alpha value is -3.18. The summed E-state index contributed by atoms with van der Waals surface area (Å²) in [6, 6.07) is 9.22. The van der Waals surface area contributed by atoms with E-state index in [0.717, 1.165) is 80.4 Å². The number of piperidine rings is 1. The number of nitriles is 1. The highest BCUT2D eigenvalue weighted by Gasteiger charge is 2.25. The summed E-state index contributed by atoms with van der Waals surface area (Å²) in [7, 11) is 0. The number of pyridine rings is 1. The minimum absolute atomic E-state index is 0.547. The number of aromatic nitrogens is 2. The highest BCUT2D eigenvalue weighted by molar-refractivity contribution is 5.89. The maximum Gasteiger partial charge on any atom is 0.103 e. The minimum Gasteiger partial charge on any atom is -0.379 e. The summed E-state index contributed by atoms with van der Waals surface area (Å²) < 4.78 is 5.50. The first-order valence-corrected chi connectivity index (χ1v) is 12.7. The van der Waals surface area contributed by atoms with E-state index in [4.69, 9.17) is 4.74 Å². The first-order chi connectivity index (χ1) is 17.2. The third-order valence-corrected chi connectivity index (χ3v) is 7.39. The largest absolute Gasteiger partial charge is 0.379 e. The molecule has 0 bridgehead atoms. The zero-order valence-electron chi connectivity index (χ0n) is 20.5. The van der Waals surface area contributed by atoms with Crippen LogP contribution < -0.4 is 5.32 Å². The van der Waals surface area contributed by atoms with Gasteiger partial charge in [-0.15, -0.1) is 0 Å². The van der Waals surface area contributed by atoms with E-state index in [-0.39, 0.29) is 0 Å². The maximum atomic E-state index is 9.71. The van der Waals surface area contributed by atoms with Crippen LogP contribution in [0.2, 0.25) is 0 Å². The fraction of sp³-hybridized carbons (Fsp3) is 0.429. The van der Waals surface area contributed by atoms with Crippen molar-refractivity contribution in [1.29, 1.82) is 5.26 Å². The second kappa shape index (κ2) is 11.0. The van der Waals surface area contributed by atoms with Crippen molar-refractivity contribution in [2.75, 3.05) is 51.3 Å². The number of morpholine rings is 1. The van der Waals surface area contributed by atoms with Crippen molar-refractivity contribution in [2.24, 2.45) is 0 Å². The van der Waals surface area contributed by atoms with Gasteiger partial charge in [-0.3, -0.25) is 9.88 Å². The standard InChI is InChI=1S/C28H34N6O/c1-21-25-7-10-31-27(25)6-5-26(21)32-28-22(19-30-20-23(28)18-29)4-2-3-11-33-12-8-24(9-13-33)34-14-16-35-17-15-34/h2,4-7,10,19-20,24,31H,3,8-9,11-17H2,1H3,(H,30,32)/b4-2+. The summed E-state index contributed by atoms with van der Waals surface area (Å²) in [6.07, 6.45) is 13.2. The first kappa shape index (κ1) is 23.6. The predicted molar refractivity (Wildman–Crippen MR) is 141 cm³/mol. The Morgan fingerprint density at radius 2 is 2.00 bits per heavy atom. The Kier molecular flexibility index (Phi) is 7.43. The molecule has 0 amide bonds. The summed E-state index contributed by atoms with van der Waals surface area (Å²) in [5.74, 6) is 0. The molecule has 2 N–H and O–H groups in total. The van der Waals surface area contributed by atoms with Crippen LogP contribution >= 0.6 is 0 Å². The number of hydrogen-bond donors (Lipinski definition) is 2. The fourth-order valence-electron chi connectivity index (χ4n) is 5.30. The molecule has 2 aliphatic heterocycles. The number of aromatic amines is 1. The van der Waals surface area contributed by atoms with Gasteiger partial charge in [0, 0.05) is 66.4 Å². The summed E-state index contributed by atoms with van der Waals surface area (Å²) >= 11 is 0. The SMILES string of the molecule is Cc1c(Nc2c(C#N)cncc2/C=C/CCN2CCC(N3CCOCC3)CC2)ccc2[nH]ccc12. The number of H-pyrrole nitrogens is 1. The Morgan fingerprint density at radius 3 is 2.80 bits per heavy atom. The number of nitrogens with zero attached hydrogens (tertiary/aromatic N) is 4. The molecule has 0 aliphatic carbocycles. The smallest absolute Gasteiger partial charge is 0.103 e. The van der Waals surface area contributed by atoms with E-state index >= 15 is 0 Å². The average molecular weight is 471 g/mol. The van der Waals surface area contributed by atoms with Gasteiger partial charge < -0.3 is 19.9 Å². The van der Waals surface area contributed by atoms with Crippen LogP contribution in [0.25, 0.3) is 17.0 Å². The van der Waals surface area contributed by atoms with E-state index in [1.807, 2.05) is 12.4 Å². The van der Waals surface area contributed by atoms with Crippen LogP contribution in [0.1, 0.15) is 36.0 Å². The lowest BCUT2D eigenvalue weighted by atomic mass is 10.0. The van der Waals surface area contributed by atoms with Crippen molar-refractivity contribution in [3.05, 3.63) is 59.6 Å². The molecule has 2 fully saturated rings. The number of likely N-dealkylation sites (tertiary alicyclic amines) is 1. The van der Waals surface area contributed by atoms with Crippen LogP contribution in [0, 0.1) is 18.3 Å². The van der Waals surface area contributed by atoms with Crippen molar-refractivity contribution in [3.63, 3.8) is 0 Å². The van der Waals surface area contributed by atoms with E-state index in [9.17, 15) is 5.26 Å². The molecule has 182 valence electrons. The normalized spacial score (nSPS) is 18.3. The summed E-state index contributed by atoms with van der Waals surface area (Å²) in [6.45, 7) is 9.40. The van der Waals surface area contributed by atoms with Crippen molar-refractivity contribution >= 4 is 28.4 Å². The third kappa shape index (κ3) is 5.40. The molecule has 2 aromatic heterocycles. The molecule has 1 aromatic carbocycles. The van der Waals surface area contributed by atoms with E-state index in [1.54, 1.807) is 6.20 Å². The molecule has 2 saturated heterocycles. The average Bonchev–Trinajstić information content (AvgIpc) is 3.39. The lowest BCUT2D eigenvalue weighted by molar-refractivity contribution is 0.00106. The van der Waals surface area contributed by atoms with Gasteiger partial charge in [-0.1, -0.05) is 12.2 Å². The van der Waals surface area contributed by atoms with Crippen molar-refractivity contribution in [1.82, 2.24) is 19.8 Å². The van der Waals surface area contributed by atoms with Crippen LogP contribution in [0.5, 0.6) is 0 Å². The molecule has 4 heterocycles. The van der Waals surface area contributed by atoms with Gasteiger partial charge in [-0.25, -0.2) is 0 Å². The predicted octanol–water partition coefficient (Wildman–Crippen LogP) is 4.69. The molecule has 0 atom stereocenters. The Morgan fingerprint density at radius 1 is 1.17 bits per heavy atom. The zero-order valence-corrected chi connectivity index (χ0v) is 20.5. The number of fused-ring (bicyclic) bond motifs is 1. The number of nitrogens with one attached hydrogen (secondary N) is 2. The number of hydrogen-bond acceptors (Lipinski definition) is 6. The van der Waals surface area contributed by atoms with Gasteiger partial charge in [0.25, 0.3) is 0 Å². The van der Waals surface area contributed by atoms with Gasteiger partial charge in [0.1, 0.15) is 6.07 Å². The zero-order chi connectivity index (χ0) is 24.0. The van der Waals surface area contributed by atoms with E-state index in [0.29, 0.717) is 11.6 Å². The number of aryl methyl sites for hydroxylation is 1. The van der Waals surface area contributed by atoms with Crippen LogP contribution in [0.4, 0.5) is 11.4 Å². The Labute approximate surface area is 207 Å². The lowest BCUT2D eigenvalue weighted by Crippen LogP contribution is -2.49. The van der Waals surface area contributed by atoms with Crippen molar-refractivity contribution < 1.29 is 4.74 Å². The Balaban J connectivity index is 1.21. The fourth-order valence-corrected chi connectivity index (χ4v) is 5.30. The first-order valence-electron chi connectivity index (χ1n) is 12.7. The number of rotatable bonds is 7. The number of anilines is 2. The second-order valence-electron chi connectivity index (χ2n) is 9.48. The molecule has 0 saturated carbocycles. The van der Waals surface area contributed by atoms with Gasteiger partial charge in [0.05, 0.1) is 24.5 Å². The molecule has 0 radical (unpaired) electrons. The molecule has 7 heteroatoms. The quantitative estimate of drug-likeness (QED) is 0.522. The highest BCUT2D eigenvalue weighted by Crippen LogP contribution is 2.31. The molecular formula is C28H34N6O. The highest BCUT2D eigenvalue weighted by atomic mass is 16.5. The van der Waals surface area contributed by atoms with E-state index in [2.05, 4.69) is 68.4 Å². The third-order valence-electron chi connectivity index (χ3n) is 7.39. The molecule has 3 aromatic rings. The molecule has 0 spiro atoms. The number of benzene rings is 1. The molecule has 0 unspecified atom stereocenters. The molecular weight excluding hydrogens is 436 g/mol. The van der Waals surface area contributed by atoms with Gasteiger partial charge in [0.2, 0.25) is 0 Å². The monoisotopic (exact) mass is 470 g/mol. The molecule has 2 aliphatic rings. The van der Waals surface area contributed by atoms with Crippen LogP contribution in [-0.4, -0.2) is 71.7 Å². The molecule has 35 heavy (non-hydrogen) atoms. The summed E-state index contributed by atoms with van der Waals surface area (Å²) in [5.41, 5.74) is 5.55. The van der Waals surface area contributed by atoms with E-state index in [1.165, 1.54) is 18.2 Å². The van der Waals surface area contributed by atoms with Gasteiger partial charge in [-0.05, 0) is 63.0 Å². The van der Waals surface area contributed by atoms with Crippen molar-refractivity contribution in [2.45, 2.75) is 32.2 Å². The van der Waals surface area contributed by atoms with Crippen molar-refractivity contribution in [3.8, 4) is 6.07 Å². The number of ether oxygens (including phenoxy) is 1. The lowest BCUT2D eigenvalue weighted by Gasteiger charge is -2.40. The minimum atomic E-state index is 0.547. The van der Waals surface area contributed by atoms with E-state index < -0.39 is 0 Å². The molecule has 7 nitrogen and oxygen atoms in total. The molecule has 5 rings (SSSR count). The van der Waals surface area contributed by atoms with Gasteiger partial charge in [0.15, 0.2) is 0 Å². The summed E-state index contributed by atoms with van der Waals surface area (Å²) in [5, 5.41) is 14.4. The van der Waals surface area contributed by atoms with Gasteiger partial charge in [-0.2, -0.15) is 5.26 Å². The van der Waals surface area contributed by atoms with Crippen LogP contribution in [0.3, 0.4) is 0 Å². The van der Waals surface area contributed by atoms with Gasteiger partial charge >= 0.3 is 0 Å². The topological polar surface area (TPSA) is 80.2 Å². The Bertz CT molecular complexity index is 1210. The van der Waals surface area contributed by atoms with Crippen LogP contribution in [0.15, 0.2) is 42.9 Å².